The molecule has 0 aromatic carbocycles. The van der Waals surface area contributed by atoms with E-state index < -0.39 is 0 Å². The molecule has 0 atom stereocenters. The van der Waals surface area contributed by atoms with Crippen molar-refractivity contribution in [3.63, 3.8) is 0 Å². The fourth-order valence-electron chi connectivity index (χ4n) is 3.03. The van der Waals surface area contributed by atoms with Crippen LogP contribution in [0.3, 0.4) is 0 Å². The van der Waals surface area contributed by atoms with E-state index in [1.54, 1.807) is 31.4 Å². The maximum Gasteiger partial charge on any atom is 0.224 e. The standard InChI is InChI=1S/C17H20N8O/c26-17(1-4-22-5-2-18-13-22)24-9-7-23(8-10-24)15-11-16(21-12-20-15)25-6-3-19-14-25/h2-3,5-6,11-14H,1,4,7-10H2. The number of nitrogens with zero attached hydrogens (tertiary/aromatic N) is 8. The molecule has 3 aromatic heterocycles. The van der Waals surface area contributed by atoms with Gasteiger partial charge in [0.15, 0.2) is 0 Å². The number of aryl methyl sites for hydroxylation is 1. The molecule has 1 aliphatic rings. The minimum atomic E-state index is 0.181. The van der Waals surface area contributed by atoms with Gasteiger partial charge in [0.2, 0.25) is 5.91 Å². The maximum atomic E-state index is 12.4. The van der Waals surface area contributed by atoms with Crippen LogP contribution in [0.5, 0.6) is 0 Å². The van der Waals surface area contributed by atoms with Crippen molar-refractivity contribution in [1.82, 2.24) is 34.0 Å². The van der Waals surface area contributed by atoms with Gasteiger partial charge in [-0.25, -0.2) is 19.9 Å². The average Bonchev–Trinajstić information content (AvgIpc) is 3.40. The highest BCUT2D eigenvalue weighted by molar-refractivity contribution is 5.76. The van der Waals surface area contributed by atoms with Crippen molar-refractivity contribution in [2.45, 2.75) is 13.0 Å². The summed E-state index contributed by atoms with van der Waals surface area (Å²) in [5, 5.41) is 0. The number of piperazine rings is 1. The van der Waals surface area contributed by atoms with Crippen molar-refractivity contribution in [1.29, 1.82) is 0 Å². The molecule has 0 radical (unpaired) electrons. The molecule has 3 aromatic rings. The molecule has 0 bridgehead atoms. The van der Waals surface area contributed by atoms with Crippen molar-refractivity contribution < 1.29 is 4.79 Å². The summed E-state index contributed by atoms with van der Waals surface area (Å²) in [7, 11) is 0. The molecule has 9 heteroatoms. The van der Waals surface area contributed by atoms with Gasteiger partial charge in [-0.05, 0) is 0 Å². The monoisotopic (exact) mass is 352 g/mol. The molecule has 1 saturated heterocycles. The number of carbonyl (C=O) groups excluding carboxylic acids is 1. The predicted octanol–water partition coefficient (Wildman–Crippen LogP) is 0.598. The van der Waals surface area contributed by atoms with Crippen molar-refractivity contribution in [2.75, 3.05) is 31.1 Å². The third-order valence-corrected chi connectivity index (χ3v) is 4.51. The predicted molar refractivity (Wildman–Crippen MR) is 94.8 cm³/mol. The van der Waals surface area contributed by atoms with E-state index in [9.17, 15) is 4.79 Å². The second-order valence-corrected chi connectivity index (χ2v) is 6.12. The summed E-state index contributed by atoms with van der Waals surface area (Å²) in [6.45, 7) is 3.59. The Morgan fingerprint density at radius 1 is 0.962 bits per heavy atom. The van der Waals surface area contributed by atoms with E-state index in [0.29, 0.717) is 26.1 Å². The topological polar surface area (TPSA) is 85.0 Å². The Labute approximate surface area is 150 Å². The van der Waals surface area contributed by atoms with Gasteiger partial charge in [0.1, 0.15) is 24.3 Å². The summed E-state index contributed by atoms with van der Waals surface area (Å²) < 4.78 is 3.77. The van der Waals surface area contributed by atoms with Crippen LogP contribution in [0.15, 0.2) is 49.8 Å². The number of amides is 1. The van der Waals surface area contributed by atoms with Gasteiger partial charge in [-0.1, -0.05) is 0 Å². The first kappa shape index (κ1) is 16.2. The number of rotatable bonds is 5. The Hall–Kier alpha value is -3.23. The quantitative estimate of drug-likeness (QED) is 0.668. The number of imidazole rings is 2. The van der Waals surface area contributed by atoms with Crippen LogP contribution < -0.4 is 4.90 Å². The average molecular weight is 352 g/mol. The van der Waals surface area contributed by atoms with E-state index in [0.717, 1.165) is 24.7 Å². The largest absolute Gasteiger partial charge is 0.353 e. The van der Waals surface area contributed by atoms with Crippen molar-refractivity contribution in [2.24, 2.45) is 0 Å². The molecule has 26 heavy (non-hydrogen) atoms. The normalized spacial score (nSPS) is 14.6. The van der Waals surface area contributed by atoms with Crippen LogP contribution >= 0.6 is 0 Å². The Balaban J connectivity index is 1.33. The second-order valence-electron chi connectivity index (χ2n) is 6.12. The third-order valence-electron chi connectivity index (χ3n) is 4.51. The molecule has 1 fully saturated rings. The van der Waals surface area contributed by atoms with Crippen LogP contribution in [-0.4, -0.2) is 66.1 Å². The number of carbonyl (C=O) groups is 1. The highest BCUT2D eigenvalue weighted by Crippen LogP contribution is 2.16. The highest BCUT2D eigenvalue weighted by Gasteiger charge is 2.22. The van der Waals surface area contributed by atoms with Crippen molar-refractivity contribution in [3.05, 3.63) is 49.8 Å². The van der Waals surface area contributed by atoms with Crippen molar-refractivity contribution >= 4 is 11.7 Å². The van der Waals surface area contributed by atoms with E-state index in [4.69, 9.17) is 0 Å². The van der Waals surface area contributed by atoms with Gasteiger partial charge in [-0.3, -0.25) is 9.36 Å². The van der Waals surface area contributed by atoms with Crippen LogP contribution in [0.4, 0.5) is 5.82 Å². The summed E-state index contributed by atoms with van der Waals surface area (Å²) in [5.74, 6) is 1.83. The number of hydrogen-bond acceptors (Lipinski definition) is 6. The number of aromatic nitrogens is 6. The zero-order valence-electron chi connectivity index (χ0n) is 14.3. The van der Waals surface area contributed by atoms with E-state index in [1.165, 1.54) is 0 Å². The smallest absolute Gasteiger partial charge is 0.224 e. The lowest BCUT2D eigenvalue weighted by Crippen LogP contribution is -2.49. The zero-order valence-corrected chi connectivity index (χ0v) is 14.3. The summed E-state index contributed by atoms with van der Waals surface area (Å²) in [6, 6.07) is 1.94. The lowest BCUT2D eigenvalue weighted by Gasteiger charge is -2.35. The molecule has 0 saturated carbocycles. The fourth-order valence-corrected chi connectivity index (χ4v) is 3.03. The molecule has 0 spiro atoms. The maximum absolute atomic E-state index is 12.4. The molecule has 0 aliphatic carbocycles. The first-order chi connectivity index (χ1) is 12.8. The lowest BCUT2D eigenvalue weighted by molar-refractivity contribution is -0.131. The van der Waals surface area contributed by atoms with Crippen LogP contribution in [0.25, 0.3) is 5.82 Å². The molecule has 1 amide bonds. The molecule has 0 N–H and O–H groups in total. The fraction of sp³-hybridized carbons (Fsp3) is 0.353. The van der Waals surface area contributed by atoms with Gasteiger partial charge in [0.05, 0.1) is 6.33 Å². The van der Waals surface area contributed by atoms with Gasteiger partial charge < -0.3 is 14.4 Å². The SMILES string of the molecule is O=C(CCn1ccnc1)N1CCN(c2cc(-n3ccnc3)ncn2)CC1. The van der Waals surface area contributed by atoms with Crippen LogP contribution in [0, 0.1) is 0 Å². The van der Waals surface area contributed by atoms with Gasteiger partial charge in [-0.2, -0.15) is 0 Å². The molecule has 9 nitrogen and oxygen atoms in total. The van der Waals surface area contributed by atoms with Crippen molar-refractivity contribution in [3.8, 4) is 5.82 Å². The van der Waals surface area contributed by atoms with E-state index in [1.807, 2.05) is 32.5 Å². The minimum Gasteiger partial charge on any atom is -0.353 e. The summed E-state index contributed by atoms with van der Waals surface area (Å²) in [4.78, 5) is 33.2. The van der Waals surface area contributed by atoms with Crippen LogP contribution in [0.1, 0.15) is 6.42 Å². The lowest BCUT2D eigenvalue weighted by atomic mass is 10.2. The Bertz CT molecular complexity index is 838. The minimum absolute atomic E-state index is 0.181. The molecule has 134 valence electrons. The molecule has 4 heterocycles. The molecule has 0 unspecified atom stereocenters. The van der Waals surface area contributed by atoms with Gasteiger partial charge in [0.25, 0.3) is 0 Å². The second kappa shape index (κ2) is 7.34. The Morgan fingerprint density at radius 2 is 1.73 bits per heavy atom. The van der Waals surface area contributed by atoms with Gasteiger partial charge in [-0.15, -0.1) is 0 Å². The summed E-state index contributed by atoms with van der Waals surface area (Å²) in [5.41, 5.74) is 0. The Kier molecular flexibility index (Phi) is 4.59. The molecular formula is C17H20N8O. The summed E-state index contributed by atoms with van der Waals surface area (Å²) >= 11 is 0. The number of anilines is 1. The van der Waals surface area contributed by atoms with Crippen LogP contribution in [-0.2, 0) is 11.3 Å². The molecular weight excluding hydrogens is 332 g/mol. The first-order valence-corrected chi connectivity index (χ1v) is 8.58. The highest BCUT2D eigenvalue weighted by atomic mass is 16.2. The number of hydrogen-bond donors (Lipinski definition) is 0. The zero-order chi connectivity index (χ0) is 17.8. The van der Waals surface area contributed by atoms with Gasteiger partial charge >= 0.3 is 0 Å². The first-order valence-electron chi connectivity index (χ1n) is 8.58. The molecule has 4 rings (SSSR count). The van der Waals surface area contributed by atoms with E-state index in [2.05, 4.69) is 24.8 Å². The van der Waals surface area contributed by atoms with Crippen LogP contribution in [0.2, 0.25) is 0 Å². The molecule has 1 aliphatic heterocycles. The Morgan fingerprint density at radius 3 is 2.46 bits per heavy atom. The summed E-state index contributed by atoms with van der Waals surface area (Å²) in [6.07, 6.45) is 12.7. The van der Waals surface area contributed by atoms with E-state index in [-0.39, 0.29) is 5.91 Å². The van der Waals surface area contributed by atoms with E-state index >= 15 is 0 Å². The third kappa shape index (κ3) is 3.56. The van der Waals surface area contributed by atoms with Gasteiger partial charge in [0, 0.05) is 70.0 Å².